The van der Waals surface area contributed by atoms with E-state index in [0.717, 1.165) is 25.2 Å². The van der Waals surface area contributed by atoms with Crippen molar-refractivity contribution in [2.45, 2.75) is 33.1 Å². The van der Waals surface area contributed by atoms with Gasteiger partial charge in [0.05, 0.1) is 5.41 Å². The molecule has 3 nitrogen and oxygen atoms in total. The monoisotopic (exact) mass is 246 g/mol. The molecule has 1 aliphatic heterocycles. The van der Waals surface area contributed by atoms with Crippen LogP contribution in [-0.4, -0.2) is 19.0 Å². The van der Waals surface area contributed by atoms with Crippen LogP contribution in [-0.2, 0) is 4.79 Å². The Kier molecular flexibility index (Phi) is 3.71. The molecule has 1 unspecified atom stereocenters. The lowest BCUT2D eigenvalue weighted by Crippen LogP contribution is -2.35. The van der Waals surface area contributed by atoms with Gasteiger partial charge in [0.2, 0.25) is 5.91 Å². The van der Waals surface area contributed by atoms with E-state index < -0.39 is 0 Å². The molecule has 0 saturated carbocycles. The van der Waals surface area contributed by atoms with Crippen molar-refractivity contribution in [1.82, 2.24) is 5.32 Å². The Balaban J connectivity index is 2.09. The second-order valence-electron chi connectivity index (χ2n) is 5.72. The van der Waals surface area contributed by atoms with E-state index in [1.54, 1.807) is 0 Å². The summed E-state index contributed by atoms with van der Waals surface area (Å²) in [4.78, 5) is 12.3. The number of hydrogen-bond acceptors (Lipinski definition) is 2. The van der Waals surface area contributed by atoms with Gasteiger partial charge in [-0.05, 0) is 43.5 Å². The molecule has 1 aliphatic rings. The fourth-order valence-electron chi connectivity index (χ4n) is 2.27. The molecular formula is C15H22N2O. The summed E-state index contributed by atoms with van der Waals surface area (Å²) in [5.41, 5.74) is 1.88. The van der Waals surface area contributed by atoms with E-state index in [1.807, 2.05) is 19.1 Å². The van der Waals surface area contributed by atoms with Crippen LogP contribution in [0, 0.1) is 5.41 Å². The normalized spacial score (nSPS) is 23.3. The first-order valence-electron chi connectivity index (χ1n) is 6.63. The van der Waals surface area contributed by atoms with Gasteiger partial charge in [-0.3, -0.25) is 4.79 Å². The molecule has 0 radical (unpaired) electrons. The zero-order valence-electron chi connectivity index (χ0n) is 11.4. The molecule has 0 aromatic heterocycles. The summed E-state index contributed by atoms with van der Waals surface area (Å²) in [5.74, 6) is 0.596. The lowest BCUT2D eigenvalue weighted by molar-refractivity contribution is -0.123. The average molecular weight is 246 g/mol. The second kappa shape index (κ2) is 5.11. The average Bonchev–Trinajstić information content (AvgIpc) is 2.78. The molecule has 1 heterocycles. The summed E-state index contributed by atoms with van der Waals surface area (Å²) in [6.07, 6.45) is 0.905. The number of benzene rings is 1. The highest BCUT2D eigenvalue weighted by atomic mass is 16.2. The van der Waals surface area contributed by atoms with E-state index in [4.69, 9.17) is 0 Å². The minimum Gasteiger partial charge on any atom is -0.326 e. The molecule has 0 aliphatic carbocycles. The number of carbonyl (C=O) groups is 1. The summed E-state index contributed by atoms with van der Waals surface area (Å²) < 4.78 is 0. The molecule has 1 atom stereocenters. The van der Waals surface area contributed by atoms with Crippen molar-refractivity contribution in [3.63, 3.8) is 0 Å². The van der Waals surface area contributed by atoms with Gasteiger partial charge in [0.25, 0.3) is 0 Å². The Morgan fingerprint density at radius 2 is 2.22 bits per heavy atom. The van der Waals surface area contributed by atoms with Gasteiger partial charge in [-0.1, -0.05) is 26.0 Å². The molecule has 98 valence electrons. The van der Waals surface area contributed by atoms with E-state index in [2.05, 4.69) is 36.6 Å². The Labute approximate surface area is 109 Å². The smallest absolute Gasteiger partial charge is 0.231 e. The van der Waals surface area contributed by atoms with Gasteiger partial charge in [-0.2, -0.15) is 0 Å². The number of hydrogen-bond donors (Lipinski definition) is 2. The van der Waals surface area contributed by atoms with E-state index >= 15 is 0 Å². The second-order valence-corrected chi connectivity index (χ2v) is 5.72. The maximum atomic E-state index is 12.3. The topological polar surface area (TPSA) is 41.1 Å². The third-order valence-corrected chi connectivity index (χ3v) is 3.73. The molecule has 1 aromatic rings. The molecule has 2 N–H and O–H groups in total. The molecule has 2 rings (SSSR count). The molecular weight excluding hydrogens is 224 g/mol. The van der Waals surface area contributed by atoms with Gasteiger partial charge in [-0.15, -0.1) is 0 Å². The summed E-state index contributed by atoms with van der Waals surface area (Å²) in [6, 6.07) is 8.11. The third kappa shape index (κ3) is 2.72. The molecule has 1 aromatic carbocycles. The van der Waals surface area contributed by atoms with Crippen molar-refractivity contribution in [3.8, 4) is 0 Å². The van der Waals surface area contributed by atoms with E-state index in [0.29, 0.717) is 5.92 Å². The van der Waals surface area contributed by atoms with Crippen molar-refractivity contribution in [2.24, 2.45) is 5.41 Å². The number of rotatable bonds is 3. The van der Waals surface area contributed by atoms with Crippen LogP contribution in [0.4, 0.5) is 5.69 Å². The van der Waals surface area contributed by atoms with Crippen LogP contribution in [0.5, 0.6) is 0 Å². The van der Waals surface area contributed by atoms with Crippen LogP contribution in [0.1, 0.15) is 38.7 Å². The van der Waals surface area contributed by atoms with Crippen molar-refractivity contribution in [3.05, 3.63) is 29.8 Å². The Hall–Kier alpha value is -1.35. The van der Waals surface area contributed by atoms with Crippen LogP contribution in [0.2, 0.25) is 0 Å². The number of amides is 1. The first-order valence-corrected chi connectivity index (χ1v) is 6.63. The highest BCUT2D eigenvalue weighted by Crippen LogP contribution is 2.27. The van der Waals surface area contributed by atoms with Crippen molar-refractivity contribution >= 4 is 11.6 Å². The van der Waals surface area contributed by atoms with E-state index in [-0.39, 0.29) is 11.3 Å². The SMILES string of the molecule is CC(C)c1cccc(NC(=O)C2(C)CCNC2)c1. The lowest BCUT2D eigenvalue weighted by Gasteiger charge is -2.21. The standard InChI is InChI=1S/C15H22N2O/c1-11(2)12-5-4-6-13(9-12)17-14(18)15(3)7-8-16-10-15/h4-6,9,11,16H,7-8,10H2,1-3H3,(H,17,18). The van der Waals surface area contributed by atoms with Crippen molar-refractivity contribution < 1.29 is 4.79 Å². The predicted molar refractivity (Wildman–Crippen MR) is 74.8 cm³/mol. The van der Waals surface area contributed by atoms with E-state index in [1.165, 1.54) is 5.56 Å². The summed E-state index contributed by atoms with van der Waals surface area (Å²) in [6.45, 7) is 8.03. The molecule has 0 spiro atoms. The quantitative estimate of drug-likeness (QED) is 0.861. The molecule has 1 amide bonds. The predicted octanol–water partition coefficient (Wildman–Crippen LogP) is 2.75. The van der Waals surface area contributed by atoms with Gasteiger partial charge < -0.3 is 10.6 Å². The zero-order valence-corrected chi connectivity index (χ0v) is 11.4. The maximum Gasteiger partial charge on any atom is 0.231 e. The lowest BCUT2D eigenvalue weighted by atomic mass is 9.88. The first kappa shape index (κ1) is 13.1. The number of nitrogens with one attached hydrogen (secondary N) is 2. The largest absolute Gasteiger partial charge is 0.326 e. The number of carbonyl (C=O) groups excluding carboxylic acids is 1. The fraction of sp³-hybridized carbons (Fsp3) is 0.533. The van der Waals surface area contributed by atoms with Crippen LogP contribution in [0.25, 0.3) is 0 Å². The van der Waals surface area contributed by atoms with Crippen molar-refractivity contribution in [1.29, 1.82) is 0 Å². The van der Waals surface area contributed by atoms with Crippen LogP contribution in [0.3, 0.4) is 0 Å². The number of anilines is 1. The van der Waals surface area contributed by atoms with Gasteiger partial charge in [0, 0.05) is 12.2 Å². The third-order valence-electron chi connectivity index (χ3n) is 3.73. The van der Waals surface area contributed by atoms with Gasteiger partial charge in [0.1, 0.15) is 0 Å². The first-order chi connectivity index (χ1) is 8.51. The fourth-order valence-corrected chi connectivity index (χ4v) is 2.27. The Bertz CT molecular complexity index is 434. The molecule has 18 heavy (non-hydrogen) atoms. The molecule has 3 heteroatoms. The summed E-state index contributed by atoms with van der Waals surface area (Å²) in [7, 11) is 0. The van der Waals surface area contributed by atoms with Gasteiger partial charge in [-0.25, -0.2) is 0 Å². The van der Waals surface area contributed by atoms with E-state index in [9.17, 15) is 4.79 Å². The van der Waals surface area contributed by atoms with Crippen molar-refractivity contribution in [2.75, 3.05) is 18.4 Å². The molecule has 0 bridgehead atoms. The summed E-state index contributed by atoms with van der Waals surface area (Å²) >= 11 is 0. The maximum absolute atomic E-state index is 12.3. The Morgan fingerprint density at radius 1 is 1.44 bits per heavy atom. The summed E-state index contributed by atoms with van der Waals surface area (Å²) in [5, 5.41) is 6.29. The van der Waals surface area contributed by atoms with Gasteiger partial charge >= 0.3 is 0 Å². The highest BCUT2D eigenvalue weighted by molar-refractivity contribution is 5.95. The van der Waals surface area contributed by atoms with Gasteiger partial charge in [0.15, 0.2) is 0 Å². The minimum atomic E-state index is -0.270. The minimum absolute atomic E-state index is 0.119. The molecule has 1 saturated heterocycles. The zero-order chi connectivity index (χ0) is 13.2. The Morgan fingerprint density at radius 3 is 2.83 bits per heavy atom. The van der Waals surface area contributed by atoms with Crippen LogP contribution < -0.4 is 10.6 Å². The molecule has 1 fully saturated rings. The van der Waals surface area contributed by atoms with Crippen LogP contribution in [0.15, 0.2) is 24.3 Å². The highest BCUT2D eigenvalue weighted by Gasteiger charge is 2.36. The van der Waals surface area contributed by atoms with Crippen LogP contribution >= 0.6 is 0 Å².